The summed E-state index contributed by atoms with van der Waals surface area (Å²) < 4.78 is 0. The molecule has 0 saturated heterocycles. The van der Waals surface area contributed by atoms with E-state index in [4.69, 9.17) is 5.73 Å². The van der Waals surface area contributed by atoms with Crippen LogP contribution in [0.1, 0.15) is 55.6 Å². The fraction of sp³-hybridized carbons (Fsp3) is 0.583. The van der Waals surface area contributed by atoms with Crippen molar-refractivity contribution in [2.45, 2.75) is 45.1 Å². The molecule has 1 aliphatic carbocycles. The molecule has 1 aromatic heterocycles. The van der Waals surface area contributed by atoms with E-state index in [1.54, 1.807) is 0 Å². The van der Waals surface area contributed by atoms with E-state index >= 15 is 0 Å². The molecular formula is C12H18N2. The molecule has 0 amide bonds. The van der Waals surface area contributed by atoms with Crippen LogP contribution < -0.4 is 5.73 Å². The first-order valence-corrected chi connectivity index (χ1v) is 5.44. The average molecular weight is 190 g/mol. The van der Waals surface area contributed by atoms with Gasteiger partial charge in [-0.3, -0.25) is 4.98 Å². The summed E-state index contributed by atoms with van der Waals surface area (Å²) in [4.78, 5) is 4.67. The minimum Gasteiger partial charge on any atom is -0.323 e. The van der Waals surface area contributed by atoms with Gasteiger partial charge >= 0.3 is 0 Å². The second-order valence-electron chi connectivity index (χ2n) is 4.43. The van der Waals surface area contributed by atoms with Crippen LogP contribution in [0.4, 0.5) is 0 Å². The molecule has 0 fully saturated rings. The van der Waals surface area contributed by atoms with E-state index in [2.05, 4.69) is 31.0 Å². The zero-order valence-corrected chi connectivity index (χ0v) is 8.96. The first-order valence-electron chi connectivity index (χ1n) is 5.44. The molecule has 1 atom stereocenters. The summed E-state index contributed by atoms with van der Waals surface area (Å²) in [6.45, 7) is 4.34. The van der Waals surface area contributed by atoms with E-state index in [1.165, 1.54) is 17.7 Å². The van der Waals surface area contributed by atoms with Crippen molar-refractivity contribution in [3.05, 3.63) is 29.1 Å². The molecular weight excluding hydrogens is 172 g/mol. The maximum Gasteiger partial charge on any atom is 0.0606 e. The lowest BCUT2D eigenvalue weighted by Gasteiger charge is -2.22. The van der Waals surface area contributed by atoms with Crippen LogP contribution in [0.3, 0.4) is 0 Å². The molecule has 0 spiro atoms. The summed E-state index contributed by atoms with van der Waals surface area (Å²) in [5.74, 6) is 0.495. The van der Waals surface area contributed by atoms with Crippen molar-refractivity contribution in [2.75, 3.05) is 0 Å². The largest absolute Gasteiger partial charge is 0.323 e. The Bertz CT molecular complexity index is 331. The van der Waals surface area contributed by atoms with E-state index in [-0.39, 0.29) is 6.04 Å². The Morgan fingerprint density at radius 2 is 2.21 bits per heavy atom. The lowest BCUT2D eigenvalue weighted by molar-refractivity contribution is 0.549. The van der Waals surface area contributed by atoms with E-state index < -0.39 is 0 Å². The molecule has 0 aromatic carbocycles. The predicted molar refractivity (Wildman–Crippen MR) is 58.2 cm³/mol. The summed E-state index contributed by atoms with van der Waals surface area (Å²) in [6, 6.07) is 4.51. The minimum atomic E-state index is 0.164. The maximum atomic E-state index is 6.05. The topological polar surface area (TPSA) is 38.9 Å². The molecule has 2 rings (SSSR count). The van der Waals surface area contributed by atoms with E-state index in [0.717, 1.165) is 18.5 Å². The zero-order valence-electron chi connectivity index (χ0n) is 8.96. The third-order valence-corrected chi connectivity index (χ3v) is 2.94. The molecule has 0 aliphatic heterocycles. The summed E-state index contributed by atoms with van der Waals surface area (Å²) in [7, 11) is 0. The molecule has 1 heterocycles. The normalized spacial score (nSPS) is 21.0. The Morgan fingerprint density at radius 1 is 1.43 bits per heavy atom. The molecule has 2 heteroatoms. The Balaban J connectivity index is 2.41. The smallest absolute Gasteiger partial charge is 0.0606 e. The minimum absolute atomic E-state index is 0.164. The number of hydrogen-bond donors (Lipinski definition) is 1. The molecule has 14 heavy (non-hydrogen) atoms. The van der Waals surface area contributed by atoms with Crippen LogP contribution in [0.15, 0.2) is 12.1 Å². The highest BCUT2D eigenvalue weighted by atomic mass is 14.8. The van der Waals surface area contributed by atoms with Gasteiger partial charge in [-0.05, 0) is 36.8 Å². The fourth-order valence-corrected chi connectivity index (χ4v) is 2.02. The van der Waals surface area contributed by atoms with Crippen LogP contribution in [-0.2, 0) is 6.42 Å². The van der Waals surface area contributed by atoms with Gasteiger partial charge in [0.2, 0.25) is 0 Å². The van der Waals surface area contributed by atoms with Gasteiger partial charge in [0.1, 0.15) is 0 Å². The van der Waals surface area contributed by atoms with Crippen molar-refractivity contribution >= 4 is 0 Å². The first-order chi connectivity index (χ1) is 6.68. The van der Waals surface area contributed by atoms with E-state index in [1.807, 2.05) is 0 Å². The molecule has 0 radical (unpaired) electrons. The Hall–Kier alpha value is -0.890. The molecule has 0 bridgehead atoms. The number of aromatic nitrogens is 1. The molecule has 76 valence electrons. The van der Waals surface area contributed by atoms with Gasteiger partial charge in [0.05, 0.1) is 5.69 Å². The van der Waals surface area contributed by atoms with Crippen molar-refractivity contribution in [1.82, 2.24) is 4.98 Å². The number of nitrogens with two attached hydrogens (primary N) is 1. The van der Waals surface area contributed by atoms with Gasteiger partial charge in [0.25, 0.3) is 0 Å². The second-order valence-corrected chi connectivity index (χ2v) is 4.43. The van der Waals surface area contributed by atoms with Gasteiger partial charge in [-0.1, -0.05) is 19.9 Å². The Morgan fingerprint density at radius 3 is 2.93 bits per heavy atom. The molecule has 1 unspecified atom stereocenters. The number of fused-ring (bicyclic) bond motifs is 1. The number of rotatable bonds is 1. The summed E-state index contributed by atoms with van der Waals surface area (Å²) in [5.41, 5.74) is 9.72. The van der Waals surface area contributed by atoms with Crippen LogP contribution in [-0.4, -0.2) is 4.98 Å². The third kappa shape index (κ3) is 1.67. The summed E-state index contributed by atoms with van der Waals surface area (Å²) in [6.07, 6.45) is 3.44. The van der Waals surface area contributed by atoms with Crippen molar-refractivity contribution in [3.63, 3.8) is 0 Å². The van der Waals surface area contributed by atoms with Gasteiger partial charge in [-0.15, -0.1) is 0 Å². The van der Waals surface area contributed by atoms with Crippen LogP contribution in [0.5, 0.6) is 0 Å². The predicted octanol–water partition coefficient (Wildman–Crippen LogP) is 2.54. The van der Waals surface area contributed by atoms with Gasteiger partial charge < -0.3 is 5.73 Å². The van der Waals surface area contributed by atoms with Gasteiger partial charge in [-0.25, -0.2) is 0 Å². The average Bonchev–Trinajstić information content (AvgIpc) is 2.18. The maximum absolute atomic E-state index is 6.05. The highest BCUT2D eigenvalue weighted by Gasteiger charge is 2.18. The summed E-state index contributed by atoms with van der Waals surface area (Å²) in [5, 5.41) is 0. The van der Waals surface area contributed by atoms with Crippen molar-refractivity contribution < 1.29 is 0 Å². The Labute approximate surface area is 85.5 Å². The van der Waals surface area contributed by atoms with Crippen LogP contribution in [0.25, 0.3) is 0 Å². The zero-order chi connectivity index (χ0) is 10.1. The molecule has 1 aromatic rings. The third-order valence-electron chi connectivity index (χ3n) is 2.94. The SMILES string of the molecule is CC(C)c1ccc2c(n1)C(N)CCC2. The quantitative estimate of drug-likeness (QED) is 0.739. The van der Waals surface area contributed by atoms with Gasteiger partial charge in [-0.2, -0.15) is 0 Å². The Kier molecular flexibility index (Phi) is 2.55. The first kappa shape index (κ1) is 9.66. The lowest BCUT2D eigenvalue weighted by Crippen LogP contribution is -2.19. The van der Waals surface area contributed by atoms with Crippen LogP contribution in [0.2, 0.25) is 0 Å². The van der Waals surface area contributed by atoms with Crippen molar-refractivity contribution in [2.24, 2.45) is 5.73 Å². The molecule has 0 saturated carbocycles. The van der Waals surface area contributed by atoms with E-state index in [9.17, 15) is 0 Å². The number of aryl methyl sites for hydroxylation is 1. The number of pyridine rings is 1. The number of hydrogen-bond acceptors (Lipinski definition) is 2. The van der Waals surface area contributed by atoms with Crippen LogP contribution >= 0.6 is 0 Å². The molecule has 2 N–H and O–H groups in total. The fourth-order valence-electron chi connectivity index (χ4n) is 2.02. The highest BCUT2D eigenvalue weighted by Crippen LogP contribution is 2.27. The highest BCUT2D eigenvalue weighted by molar-refractivity contribution is 5.28. The number of nitrogens with zero attached hydrogens (tertiary/aromatic N) is 1. The monoisotopic (exact) mass is 190 g/mol. The van der Waals surface area contributed by atoms with Gasteiger partial charge in [0.15, 0.2) is 0 Å². The van der Waals surface area contributed by atoms with Crippen LogP contribution in [0, 0.1) is 0 Å². The summed E-state index contributed by atoms with van der Waals surface area (Å²) >= 11 is 0. The molecule has 1 aliphatic rings. The van der Waals surface area contributed by atoms with Gasteiger partial charge in [0, 0.05) is 11.7 Å². The second kappa shape index (κ2) is 3.70. The standard InChI is InChI=1S/C12H18N2/c1-8(2)11-7-6-9-4-3-5-10(13)12(9)14-11/h6-8,10H,3-5,13H2,1-2H3. The van der Waals surface area contributed by atoms with Crippen molar-refractivity contribution in [1.29, 1.82) is 0 Å². The molecule has 2 nitrogen and oxygen atoms in total. The lowest BCUT2D eigenvalue weighted by atomic mass is 9.91. The van der Waals surface area contributed by atoms with Crippen molar-refractivity contribution in [3.8, 4) is 0 Å². The van der Waals surface area contributed by atoms with E-state index in [0.29, 0.717) is 5.92 Å².